The third kappa shape index (κ3) is 4.23. The highest BCUT2D eigenvalue weighted by Gasteiger charge is 1.96. The van der Waals surface area contributed by atoms with Gasteiger partial charge in [0.05, 0.1) is 0 Å². The van der Waals surface area contributed by atoms with Gasteiger partial charge >= 0.3 is 5.97 Å². The summed E-state index contributed by atoms with van der Waals surface area (Å²) < 4.78 is 0. The number of carboxylic acids is 1. The molecule has 1 aromatic heterocycles. The van der Waals surface area contributed by atoms with Crippen molar-refractivity contribution in [2.24, 2.45) is 0 Å². The van der Waals surface area contributed by atoms with Gasteiger partial charge in [-0.05, 0) is 11.6 Å². The van der Waals surface area contributed by atoms with Crippen molar-refractivity contribution in [3.63, 3.8) is 0 Å². The Morgan fingerprint density at radius 2 is 1.89 bits per heavy atom. The van der Waals surface area contributed by atoms with Crippen molar-refractivity contribution in [3.8, 4) is 0 Å². The molecule has 2 rings (SSSR count). The maximum Gasteiger partial charge on any atom is 0.328 e. The lowest BCUT2D eigenvalue weighted by molar-refractivity contribution is -0.131. The molecule has 0 saturated heterocycles. The van der Waals surface area contributed by atoms with Crippen LogP contribution in [-0.2, 0) is 11.3 Å². The first kappa shape index (κ1) is 12.8. The molecule has 96 valence electrons. The molecule has 5 heteroatoms. The number of benzene rings is 1. The highest BCUT2D eigenvalue weighted by Crippen LogP contribution is 2.05. The Kier molecular flexibility index (Phi) is 4.23. The molecule has 0 fully saturated rings. The molecule has 0 radical (unpaired) electrons. The van der Waals surface area contributed by atoms with E-state index in [1.54, 1.807) is 12.4 Å². The van der Waals surface area contributed by atoms with E-state index in [0.29, 0.717) is 18.1 Å². The van der Waals surface area contributed by atoms with Crippen molar-refractivity contribution >= 4 is 18.0 Å². The number of rotatable bonds is 5. The molecule has 0 bridgehead atoms. The van der Waals surface area contributed by atoms with Gasteiger partial charge in [-0.2, -0.15) is 0 Å². The first-order valence-electron chi connectivity index (χ1n) is 5.75. The van der Waals surface area contributed by atoms with E-state index in [2.05, 4.69) is 15.3 Å². The fourth-order valence-corrected chi connectivity index (χ4v) is 1.46. The number of nitrogens with zero attached hydrogens (tertiary/aromatic N) is 2. The average Bonchev–Trinajstić information content (AvgIpc) is 2.45. The van der Waals surface area contributed by atoms with Crippen LogP contribution < -0.4 is 5.32 Å². The van der Waals surface area contributed by atoms with Crippen LogP contribution in [0.25, 0.3) is 6.08 Å². The molecule has 0 aliphatic carbocycles. The minimum absolute atomic E-state index is 0.510. The summed E-state index contributed by atoms with van der Waals surface area (Å²) in [6.45, 7) is 0.644. The van der Waals surface area contributed by atoms with Crippen LogP contribution in [0.4, 0.5) is 5.95 Å². The van der Waals surface area contributed by atoms with E-state index >= 15 is 0 Å². The number of aliphatic carboxylic acids is 1. The van der Waals surface area contributed by atoms with Crippen LogP contribution in [0.15, 0.2) is 48.8 Å². The molecule has 2 N–H and O–H groups in total. The van der Waals surface area contributed by atoms with Gasteiger partial charge in [0.25, 0.3) is 0 Å². The minimum atomic E-state index is -0.994. The summed E-state index contributed by atoms with van der Waals surface area (Å²) in [5.74, 6) is -0.484. The van der Waals surface area contributed by atoms with Gasteiger partial charge in [-0.3, -0.25) is 0 Å². The first-order valence-corrected chi connectivity index (χ1v) is 5.75. The third-order valence-electron chi connectivity index (χ3n) is 2.38. The van der Waals surface area contributed by atoms with Gasteiger partial charge in [-0.15, -0.1) is 0 Å². The molecule has 2 aromatic rings. The van der Waals surface area contributed by atoms with Crippen LogP contribution in [-0.4, -0.2) is 21.0 Å². The van der Waals surface area contributed by atoms with E-state index < -0.39 is 5.97 Å². The van der Waals surface area contributed by atoms with Gasteiger partial charge in [-0.1, -0.05) is 30.3 Å². The van der Waals surface area contributed by atoms with Crippen molar-refractivity contribution in [2.45, 2.75) is 6.54 Å². The van der Waals surface area contributed by atoms with Crippen LogP contribution in [0, 0.1) is 0 Å². The maximum absolute atomic E-state index is 10.4. The van der Waals surface area contributed by atoms with Crippen molar-refractivity contribution in [1.29, 1.82) is 0 Å². The summed E-state index contributed by atoms with van der Waals surface area (Å²) in [6.07, 6.45) is 5.64. The lowest BCUT2D eigenvalue weighted by atomic mass is 10.2. The quantitative estimate of drug-likeness (QED) is 0.801. The summed E-state index contributed by atoms with van der Waals surface area (Å²) >= 11 is 0. The average molecular weight is 255 g/mol. The number of carboxylic acid groups (broad SMARTS) is 1. The zero-order valence-corrected chi connectivity index (χ0v) is 10.2. The first-order chi connectivity index (χ1) is 9.24. The van der Waals surface area contributed by atoms with Crippen LogP contribution in [0.2, 0.25) is 0 Å². The van der Waals surface area contributed by atoms with Crippen LogP contribution in [0.1, 0.15) is 11.1 Å². The lowest BCUT2D eigenvalue weighted by Gasteiger charge is -2.04. The molecule has 1 aromatic carbocycles. The number of hydrogen-bond donors (Lipinski definition) is 2. The predicted molar refractivity (Wildman–Crippen MR) is 72.5 cm³/mol. The van der Waals surface area contributed by atoms with Crippen molar-refractivity contribution in [1.82, 2.24) is 9.97 Å². The second-order valence-corrected chi connectivity index (χ2v) is 3.85. The zero-order chi connectivity index (χ0) is 13.5. The minimum Gasteiger partial charge on any atom is -0.478 e. The fraction of sp³-hybridized carbons (Fsp3) is 0.0714. The van der Waals surface area contributed by atoms with Gasteiger partial charge in [0.1, 0.15) is 0 Å². The Balaban J connectivity index is 1.94. The molecular weight excluding hydrogens is 242 g/mol. The molecule has 5 nitrogen and oxygen atoms in total. The van der Waals surface area contributed by atoms with Gasteiger partial charge < -0.3 is 10.4 Å². The summed E-state index contributed by atoms with van der Waals surface area (Å²) in [6, 6.07) is 9.92. The number of aromatic nitrogens is 2. The van der Waals surface area contributed by atoms with E-state index in [4.69, 9.17) is 5.11 Å². The van der Waals surface area contributed by atoms with Gasteiger partial charge in [0.2, 0.25) is 5.95 Å². The molecule has 0 spiro atoms. The van der Waals surface area contributed by atoms with E-state index in [-0.39, 0.29) is 0 Å². The normalized spacial score (nSPS) is 10.5. The Bertz CT molecular complexity index is 565. The largest absolute Gasteiger partial charge is 0.478 e. The standard InChI is InChI=1S/C14H13N3O2/c18-13(19)7-6-12-9-16-14(17-10-12)15-8-11-4-2-1-3-5-11/h1-7,9-10H,8H2,(H,18,19)(H,15,16,17)/b7-6+. The van der Waals surface area contributed by atoms with E-state index in [0.717, 1.165) is 11.6 Å². The van der Waals surface area contributed by atoms with Crippen molar-refractivity contribution in [2.75, 3.05) is 5.32 Å². The molecule has 0 atom stereocenters. The number of nitrogens with one attached hydrogen (secondary N) is 1. The Hall–Kier alpha value is -2.69. The molecule has 0 aliphatic heterocycles. The number of carbonyl (C=O) groups is 1. The van der Waals surface area contributed by atoms with Gasteiger partial charge in [0, 0.05) is 30.6 Å². The maximum atomic E-state index is 10.4. The smallest absolute Gasteiger partial charge is 0.328 e. The second-order valence-electron chi connectivity index (χ2n) is 3.85. The molecular formula is C14H13N3O2. The topological polar surface area (TPSA) is 75.1 Å². The SMILES string of the molecule is O=C(O)/C=C/c1cnc(NCc2ccccc2)nc1. The molecule has 0 amide bonds. The summed E-state index contributed by atoms with van der Waals surface area (Å²) in [5, 5.41) is 11.6. The zero-order valence-electron chi connectivity index (χ0n) is 10.2. The third-order valence-corrected chi connectivity index (χ3v) is 2.38. The Labute approximate surface area is 110 Å². The van der Waals surface area contributed by atoms with Gasteiger partial charge in [0.15, 0.2) is 0 Å². The molecule has 1 heterocycles. The Morgan fingerprint density at radius 1 is 1.21 bits per heavy atom. The summed E-state index contributed by atoms with van der Waals surface area (Å²) in [4.78, 5) is 18.6. The fourth-order valence-electron chi connectivity index (χ4n) is 1.46. The predicted octanol–water partition coefficient (Wildman–Crippen LogP) is 2.19. The van der Waals surface area contributed by atoms with E-state index in [1.165, 1.54) is 6.08 Å². The van der Waals surface area contributed by atoms with Crippen LogP contribution in [0.5, 0.6) is 0 Å². The molecule has 0 saturated carbocycles. The van der Waals surface area contributed by atoms with E-state index in [9.17, 15) is 4.79 Å². The number of hydrogen-bond acceptors (Lipinski definition) is 4. The number of anilines is 1. The Morgan fingerprint density at radius 3 is 2.53 bits per heavy atom. The summed E-state index contributed by atoms with van der Waals surface area (Å²) in [7, 11) is 0. The van der Waals surface area contributed by atoms with Gasteiger partial charge in [-0.25, -0.2) is 14.8 Å². The molecule has 0 aliphatic rings. The molecule has 0 unspecified atom stereocenters. The van der Waals surface area contributed by atoms with Crippen molar-refractivity contribution in [3.05, 3.63) is 59.9 Å². The lowest BCUT2D eigenvalue weighted by Crippen LogP contribution is -2.03. The second kappa shape index (κ2) is 6.30. The highest BCUT2D eigenvalue weighted by atomic mass is 16.4. The van der Waals surface area contributed by atoms with Crippen LogP contribution in [0.3, 0.4) is 0 Å². The van der Waals surface area contributed by atoms with Crippen LogP contribution >= 0.6 is 0 Å². The van der Waals surface area contributed by atoms with Crippen molar-refractivity contribution < 1.29 is 9.90 Å². The monoisotopic (exact) mass is 255 g/mol. The summed E-state index contributed by atoms with van der Waals surface area (Å²) in [5.41, 5.74) is 1.79. The van der Waals surface area contributed by atoms with E-state index in [1.807, 2.05) is 30.3 Å². The highest BCUT2D eigenvalue weighted by molar-refractivity contribution is 5.85. The molecule has 19 heavy (non-hydrogen) atoms.